The van der Waals surface area contributed by atoms with Crippen LogP contribution in [0.5, 0.6) is 6.01 Å². The summed E-state index contributed by atoms with van der Waals surface area (Å²) in [6.07, 6.45) is 8.28. The van der Waals surface area contributed by atoms with Gasteiger partial charge in [0.2, 0.25) is 5.95 Å². The molecule has 2 unspecified atom stereocenters. The Balaban J connectivity index is 1.43. The quantitative estimate of drug-likeness (QED) is 0.404. The first-order chi connectivity index (χ1) is 15.8. The Hall–Kier alpha value is -2.69. The average molecular weight is 443 g/mol. The summed E-state index contributed by atoms with van der Waals surface area (Å²) in [6.45, 7) is 2.04. The smallest absolute Gasteiger partial charge is 0.300 e. The van der Waals surface area contributed by atoms with E-state index in [1.54, 1.807) is 12.1 Å². The van der Waals surface area contributed by atoms with Gasteiger partial charge in [0.15, 0.2) is 11.9 Å². The largest absolute Gasteiger partial charge is 0.462 e. The van der Waals surface area contributed by atoms with E-state index in [1.807, 2.05) is 4.57 Å². The predicted molar refractivity (Wildman–Crippen MR) is 112 cm³/mol. The van der Waals surface area contributed by atoms with Crippen LogP contribution in [0.2, 0.25) is 0 Å². The zero-order chi connectivity index (χ0) is 21.8. The lowest BCUT2D eigenvalue weighted by atomic mass is 10.1. The van der Waals surface area contributed by atoms with Crippen LogP contribution in [0.3, 0.4) is 0 Å². The van der Waals surface area contributed by atoms with Gasteiger partial charge in [-0.05, 0) is 50.7 Å². The number of halogens is 1. The van der Waals surface area contributed by atoms with E-state index in [1.165, 1.54) is 12.5 Å². The standard InChI is InChI=1S/C22H26FN5O4/c23-20-15(6-5-9-24-20)18-19-21(26-14-25-18)28(16-7-1-3-10-29-16)22(27-19)32-13-12-31-17-8-2-4-11-30-17/h5-6,9,14,16-17H,1-4,7-8,10-13H2. The van der Waals surface area contributed by atoms with Gasteiger partial charge in [0.1, 0.15) is 30.4 Å². The van der Waals surface area contributed by atoms with E-state index in [2.05, 4.69) is 19.9 Å². The molecule has 32 heavy (non-hydrogen) atoms. The molecule has 2 atom stereocenters. The topological polar surface area (TPSA) is 93.4 Å². The maximum atomic E-state index is 14.4. The minimum Gasteiger partial charge on any atom is -0.462 e. The van der Waals surface area contributed by atoms with Crippen molar-refractivity contribution < 1.29 is 23.3 Å². The van der Waals surface area contributed by atoms with Gasteiger partial charge >= 0.3 is 6.01 Å². The van der Waals surface area contributed by atoms with Gasteiger partial charge in [-0.3, -0.25) is 4.57 Å². The molecule has 2 saturated heterocycles. The summed E-state index contributed by atoms with van der Waals surface area (Å²) in [5.74, 6) is -0.612. The van der Waals surface area contributed by atoms with Gasteiger partial charge in [0, 0.05) is 19.4 Å². The van der Waals surface area contributed by atoms with Gasteiger partial charge in [0.25, 0.3) is 0 Å². The van der Waals surface area contributed by atoms with Gasteiger partial charge < -0.3 is 18.9 Å². The Morgan fingerprint density at radius 1 is 1.03 bits per heavy atom. The molecule has 0 radical (unpaired) electrons. The van der Waals surface area contributed by atoms with Gasteiger partial charge in [-0.1, -0.05) is 0 Å². The molecule has 0 amide bonds. The highest BCUT2D eigenvalue weighted by Crippen LogP contribution is 2.34. The van der Waals surface area contributed by atoms with Crippen LogP contribution >= 0.6 is 0 Å². The second kappa shape index (κ2) is 9.85. The van der Waals surface area contributed by atoms with Gasteiger partial charge in [-0.25, -0.2) is 15.0 Å². The average Bonchev–Trinajstić information content (AvgIpc) is 3.22. The summed E-state index contributed by atoms with van der Waals surface area (Å²) in [5.41, 5.74) is 1.61. The number of hydrogen-bond acceptors (Lipinski definition) is 8. The normalized spacial score (nSPS) is 21.7. The Kier molecular flexibility index (Phi) is 6.51. The maximum absolute atomic E-state index is 14.4. The van der Waals surface area contributed by atoms with E-state index in [0.717, 1.165) is 45.1 Å². The second-order valence-corrected chi connectivity index (χ2v) is 7.84. The lowest BCUT2D eigenvalue weighted by molar-refractivity contribution is -0.165. The molecule has 9 nitrogen and oxygen atoms in total. The van der Waals surface area contributed by atoms with E-state index in [0.29, 0.717) is 42.7 Å². The van der Waals surface area contributed by atoms with Crippen molar-refractivity contribution in [3.8, 4) is 17.3 Å². The number of imidazole rings is 1. The van der Waals surface area contributed by atoms with Gasteiger partial charge in [-0.15, -0.1) is 0 Å². The minimum absolute atomic E-state index is 0.182. The number of ether oxygens (including phenoxy) is 4. The number of fused-ring (bicyclic) bond motifs is 1. The fraction of sp³-hybridized carbons (Fsp3) is 0.545. The molecule has 0 aromatic carbocycles. The van der Waals surface area contributed by atoms with Crippen molar-refractivity contribution in [2.24, 2.45) is 0 Å². The highest BCUT2D eigenvalue weighted by Gasteiger charge is 2.26. The maximum Gasteiger partial charge on any atom is 0.300 e. The van der Waals surface area contributed by atoms with Crippen LogP contribution in [-0.4, -0.2) is 57.2 Å². The Bertz CT molecular complexity index is 1050. The molecule has 2 aliphatic rings. The zero-order valence-electron chi connectivity index (χ0n) is 17.8. The fourth-order valence-corrected chi connectivity index (χ4v) is 4.09. The van der Waals surface area contributed by atoms with E-state index in [9.17, 15) is 4.39 Å². The lowest BCUT2D eigenvalue weighted by Gasteiger charge is -2.25. The second-order valence-electron chi connectivity index (χ2n) is 7.84. The molecule has 0 bridgehead atoms. The third-order valence-electron chi connectivity index (χ3n) is 5.66. The molecule has 3 aromatic heterocycles. The summed E-state index contributed by atoms with van der Waals surface area (Å²) < 4.78 is 39.6. The van der Waals surface area contributed by atoms with Crippen LogP contribution in [-0.2, 0) is 14.2 Å². The molecule has 0 aliphatic carbocycles. The van der Waals surface area contributed by atoms with E-state index < -0.39 is 5.95 Å². The van der Waals surface area contributed by atoms with E-state index in [4.69, 9.17) is 18.9 Å². The summed E-state index contributed by atoms with van der Waals surface area (Å²) in [6, 6.07) is 3.64. The van der Waals surface area contributed by atoms with Crippen LogP contribution in [0.4, 0.5) is 4.39 Å². The molecule has 0 saturated carbocycles. The SMILES string of the molecule is Fc1ncccc1-c1ncnc2c1nc(OCCOC1CCCCO1)n2C1CCCCO1. The minimum atomic E-state index is -0.612. The Morgan fingerprint density at radius 2 is 1.91 bits per heavy atom. The molecule has 170 valence electrons. The number of hydrogen-bond donors (Lipinski definition) is 0. The summed E-state index contributed by atoms with van der Waals surface area (Å²) in [4.78, 5) is 17.1. The molecule has 2 fully saturated rings. The highest BCUT2D eigenvalue weighted by atomic mass is 19.1. The first kappa shape index (κ1) is 21.2. The molecule has 0 N–H and O–H groups in total. The first-order valence-electron chi connectivity index (χ1n) is 11.1. The lowest BCUT2D eigenvalue weighted by Crippen LogP contribution is -2.25. The van der Waals surface area contributed by atoms with Crippen LogP contribution in [0, 0.1) is 5.95 Å². The van der Waals surface area contributed by atoms with Crippen molar-refractivity contribution >= 4 is 11.2 Å². The monoisotopic (exact) mass is 443 g/mol. The van der Waals surface area contributed by atoms with Crippen molar-refractivity contribution in [2.45, 2.75) is 51.0 Å². The third-order valence-corrected chi connectivity index (χ3v) is 5.66. The molecule has 3 aromatic rings. The number of rotatable bonds is 7. The van der Waals surface area contributed by atoms with Crippen LogP contribution < -0.4 is 4.74 Å². The summed E-state index contributed by atoms with van der Waals surface area (Å²) in [7, 11) is 0. The predicted octanol–water partition coefficient (Wildman–Crippen LogP) is 3.65. The number of pyridine rings is 1. The number of nitrogens with zero attached hydrogens (tertiary/aromatic N) is 5. The number of aromatic nitrogens is 5. The van der Waals surface area contributed by atoms with Crippen molar-refractivity contribution in [3.05, 3.63) is 30.6 Å². The molecular weight excluding hydrogens is 417 g/mol. The molecule has 0 spiro atoms. The first-order valence-corrected chi connectivity index (χ1v) is 11.1. The highest BCUT2D eigenvalue weighted by molar-refractivity contribution is 5.87. The molecule has 5 heterocycles. The van der Waals surface area contributed by atoms with Crippen molar-refractivity contribution in [1.29, 1.82) is 0 Å². The van der Waals surface area contributed by atoms with Gasteiger partial charge in [0.05, 0.1) is 12.2 Å². The van der Waals surface area contributed by atoms with Crippen molar-refractivity contribution in [2.75, 3.05) is 26.4 Å². The molecular formula is C22H26FN5O4. The van der Waals surface area contributed by atoms with Crippen LogP contribution in [0.15, 0.2) is 24.7 Å². The van der Waals surface area contributed by atoms with Gasteiger partial charge in [-0.2, -0.15) is 9.37 Å². The van der Waals surface area contributed by atoms with E-state index >= 15 is 0 Å². The van der Waals surface area contributed by atoms with Crippen molar-refractivity contribution in [3.63, 3.8) is 0 Å². The Morgan fingerprint density at radius 3 is 2.69 bits per heavy atom. The molecule has 5 rings (SSSR count). The summed E-state index contributed by atoms with van der Waals surface area (Å²) >= 11 is 0. The van der Waals surface area contributed by atoms with Crippen LogP contribution in [0.25, 0.3) is 22.4 Å². The molecule has 2 aliphatic heterocycles. The zero-order valence-corrected chi connectivity index (χ0v) is 17.8. The summed E-state index contributed by atoms with van der Waals surface area (Å²) in [5, 5.41) is 0. The third kappa shape index (κ3) is 4.43. The van der Waals surface area contributed by atoms with Crippen LogP contribution in [0.1, 0.15) is 44.8 Å². The van der Waals surface area contributed by atoms with E-state index in [-0.39, 0.29) is 18.1 Å². The Labute approximate surface area is 184 Å². The fourth-order valence-electron chi connectivity index (χ4n) is 4.09. The van der Waals surface area contributed by atoms with Crippen molar-refractivity contribution in [1.82, 2.24) is 24.5 Å². The molecule has 10 heteroatoms.